The van der Waals surface area contributed by atoms with Crippen LogP contribution in [0.4, 0.5) is 0 Å². The lowest BCUT2D eigenvalue weighted by atomic mass is 9.99. The van der Waals surface area contributed by atoms with Gasteiger partial charge in [-0.05, 0) is 37.0 Å². The second kappa shape index (κ2) is 6.32. The second-order valence-electron chi connectivity index (χ2n) is 4.81. The number of hydrogen-bond donors (Lipinski definition) is 2. The lowest BCUT2D eigenvalue weighted by Crippen LogP contribution is -2.28. The fourth-order valence-electron chi connectivity index (χ4n) is 2.17. The molecule has 0 saturated carbocycles. The van der Waals surface area contributed by atoms with Crippen LogP contribution in [0.3, 0.4) is 0 Å². The van der Waals surface area contributed by atoms with Gasteiger partial charge in [0.2, 0.25) is 0 Å². The maximum atomic E-state index is 5.70. The molecule has 0 aliphatic heterocycles. The molecule has 3 N–H and O–H groups in total. The minimum Gasteiger partial charge on any atom is -0.276 e. The predicted molar refractivity (Wildman–Crippen MR) is 80.5 cm³/mol. The predicted octanol–water partition coefficient (Wildman–Crippen LogP) is 2.63. The molecular weight excluding hydrogens is 304 g/mol. The summed E-state index contributed by atoms with van der Waals surface area (Å²) in [6, 6.07) is 6.45. The third kappa shape index (κ3) is 3.65. The van der Waals surface area contributed by atoms with E-state index in [1.807, 2.05) is 24.1 Å². The van der Waals surface area contributed by atoms with Crippen molar-refractivity contribution in [1.82, 2.24) is 15.2 Å². The van der Waals surface area contributed by atoms with Crippen LogP contribution in [-0.2, 0) is 13.5 Å². The van der Waals surface area contributed by atoms with Crippen molar-refractivity contribution < 1.29 is 0 Å². The van der Waals surface area contributed by atoms with Crippen molar-refractivity contribution in [2.45, 2.75) is 25.8 Å². The Labute approximate surface area is 122 Å². The summed E-state index contributed by atoms with van der Waals surface area (Å²) in [5.41, 5.74) is 6.57. The summed E-state index contributed by atoms with van der Waals surface area (Å²) in [6.45, 7) is 2.09. The average molecular weight is 323 g/mol. The molecule has 4 nitrogen and oxygen atoms in total. The molecule has 5 heteroatoms. The highest BCUT2D eigenvalue weighted by Crippen LogP contribution is 2.27. The Morgan fingerprint density at radius 2 is 2.26 bits per heavy atom. The number of aryl methyl sites for hydroxylation is 3. The third-order valence-electron chi connectivity index (χ3n) is 3.21. The SMILES string of the molecule is Cc1ccc(Br)c(C(CCc2cnn(C)c2)NN)c1. The molecule has 2 aromatic rings. The van der Waals surface area contributed by atoms with E-state index in [1.165, 1.54) is 16.7 Å². The summed E-state index contributed by atoms with van der Waals surface area (Å²) in [7, 11) is 1.93. The Kier molecular flexibility index (Phi) is 4.74. The lowest BCUT2D eigenvalue weighted by Gasteiger charge is -2.18. The van der Waals surface area contributed by atoms with E-state index < -0.39 is 0 Å². The normalized spacial score (nSPS) is 12.6. The van der Waals surface area contributed by atoms with Gasteiger partial charge in [-0.2, -0.15) is 5.10 Å². The molecule has 1 heterocycles. The van der Waals surface area contributed by atoms with Gasteiger partial charge in [-0.1, -0.05) is 33.6 Å². The zero-order valence-electron chi connectivity index (χ0n) is 11.2. The number of halogens is 1. The first-order valence-corrected chi connectivity index (χ1v) is 7.09. The molecule has 0 amide bonds. The summed E-state index contributed by atoms with van der Waals surface area (Å²) in [5.74, 6) is 5.70. The Hall–Kier alpha value is -1.17. The fraction of sp³-hybridized carbons (Fsp3) is 0.357. The van der Waals surface area contributed by atoms with E-state index in [0.29, 0.717) is 0 Å². The molecule has 0 bridgehead atoms. The molecule has 0 spiro atoms. The first-order chi connectivity index (χ1) is 9.10. The van der Waals surface area contributed by atoms with E-state index in [1.54, 1.807) is 0 Å². The van der Waals surface area contributed by atoms with Crippen LogP contribution in [0.25, 0.3) is 0 Å². The molecule has 0 radical (unpaired) electrons. The first-order valence-electron chi connectivity index (χ1n) is 6.30. The van der Waals surface area contributed by atoms with E-state index in [0.717, 1.165) is 17.3 Å². The molecule has 1 aromatic carbocycles. The highest BCUT2D eigenvalue weighted by Gasteiger charge is 2.13. The number of hydrazine groups is 1. The van der Waals surface area contributed by atoms with Gasteiger partial charge in [0, 0.05) is 23.8 Å². The average Bonchev–Trinajstić information content (AvgIpc) is 2.80. The van der Waals surface area contributed by atoms with Crippen LogP contribution < -0.4 is 11.3 Å². The second-order valence-corrected chi connectivity index (χ2v) is 5.66. The summed E-state index contributed by atoms with van der Waals surface area (Å²) < 4.78 is 2.91. The smallest absolute Gasteiger partial charge is 0.0521 e. The molecular formula is C14H19BrN4. The van der Waals surface area contributed by atoms with E-state index in [9.17, 15) is 0 Å². The van der Waals surface area contributed by atoms with Crippen molar-refractivity contribution in [2.24, 2.45) is 12.9 Å². The molecule has 0 saturated heterocycles. The molecule has 2 rings (SSSR count). The maximum Gasteiger partial charge on any atom is 0.0521 e. The number of nitrogens with two attached hydrogens (primary N) is 1. The molecule has 102 valence electrons. The van der Waals surface area contributed by atoms with E-state index in [4.69, 9.17) is 5.84 Å². The minimum atomic E-state index is 0.134. The standard InChI is InChI=1S/C14H19BrN4/c1-10-3-5-13(15)12(7-10)14(18-16)6-4-11-8-17-19(2)9-11/h3,5,7-9,14,18H,4,6,16H2,1-2H3. The summed E-state index contributed by atoms with van der Waals surface area (Å²) in [6.07, 6.45) is 5.82. The lowest BCUT2D eigenvalue weighted by molar-refractivity contribution is 0.514. The highest BCUT2D eigenvalue weighted by molar-refractivity contribution is 9.10. The topological polar surface area (TPSA) is 55.9 Å². The molecule has 0 aliphatic carbocycles. The van der Waals surface area contributed by atoms with Crippen molar-refractivity contribution in [1.29, 1.82) is 0 Å². The zero-order valence-corrected chi connectivity index (χ0v) is 12.8. The van der Waals surface area contributed by atoms with Gasteiger partial charge >= 0.3 is 0 Å². The quantitative estimate of drug-likeness (QED) is 0.657. The Balaban J connectivity index is 2.09. The monoisotopic (exact) mass is 322 g/mol. The van der Waals surface area contributed by atoms with Crippen molar-refractivity contribution in [3.8, 4) is 0 Å². The van der Waals surface area contributed by atoms with Crippen molar-refractivity contribution in [3.63, 3.8) is 0 Å². The zero-order chi connectivity index (χ0) is 13.8. The molecule has 1 aromatic heterocycles. The molecule has 1 atom stereocenters. The number of nitrogens with zero attached hydrogens (tertiary/aromatic N) is 2. The third-order valence-corrected chi connectivity index (χ3v) is 3.93. The van der Waals surface area contributed by atoms with E-state index in [2.05, 4.69) is 51.6 Å². The van der Waals surface area contributed by atoms with E-state index in [-0.39, 0.29) is 6.04 Å². The van der Waals surface area contributed by atoms with Gasteiger partial charge in [-0.25, -0.2) is 0 Å². The Morgan fingerprint density at radius 1 is 1.47 bits per heavy atom. The Morgan fingerprint density at radius 3 is 2.89 bits per heavy atom. The van der Waals surface area contributed by atoms with E-state index >= 15 is 0 Å². The van der Waals surface area contributed by atoms with Crippen LogP contribution >= 0.6 is 15.9 Å². The van der Waals surface area contributed by atoms with Crippen LogP contribution in [-0.4, -0.2) is 9.78 Å². The van der Waals surface area contributed by atoms with Crippen molar-refractivity contribution >= 4 is 15.9 Å². The van der Waals surface area contributed by atoms with Gasteiger partial charge in [-0.3, -0.25) is 16.0 Å². The highest BCUT2D eigenvalue weighted by atomic mass is 79.9. The first kappa shape index (κ1) is 14.2. The minimum absolute atomic E-state index is 0.134. The number of aromatic nitrogens is 2. The van der Waals surface area contributed by atoms with Crippen LogP contribution in [0.15, 0.2) is 35.1 Å². The summed E-state index contributed by atoms with van der Waals surface area (Å²) in [4.78, 5) is 0. The number of rotatable bonds is 5. The summed E-state index contributed by atoms with van der Waals surface area (Å²) in [5, 5.41) is 4.18. The van der Waals surface area contributed by atoms with Gasteiger partial charge in [0.1, 0.15) is 0 Å². The number of nitrogens with one attached hydrogen (secondary N) is 1. The van der Waals surface area contributed by atoms with Gasteiger partial charge in [0.25, 0.3) is 0 Å². The van der Waals surface area contributed by atoms with Crippen molar-refractivity contribution in [2.75, 3.05) is 0 Å². The van der Waals surface area contributed by atoms with Crippen LogP contribution in [0.1, 0.15) is 29.2 Å². The summed E-state index contributed by atoms with van der Waals surface area (Å²) >= 11 is 3.59. The molecule has 0 aliphatic rings. The van der Waals surface area contributed by atoms with Gasteiger partial charge in [0.05, 0.1) is 6.20 Å². The Bertz CT molecular complexity index is 550. The molecule has 19 heavy (non-hydrogen) atoms. The molecule has 0 fully saturated rings. The fourth-order valence-corrected chi connectivity index (χ4v) is 2.69. The molecule has 1 unspecified atom stereocenters. The van der Waals surface area contributed by atoms with Crippen LogP contribution in [0, 0.1) is 6.92 Å². The van der Waals surface area contributed by atoms with Gasteiger partial charge < -0.3 is 0 Å². The maximum absolute atomic E-state index is 5.70. The van der Waals surface area contributed by atoms with Gasteiger partial charge in [-0.15, -0.1) is 0 Å². The van der Waals surface area contributed by atoms with Crippen LogP contribution in [0.5, 0.6) is 0 Å². The van der Waals surface area contributed by atoms with Crippen molar-refractivity contribution in [3.05, 3.63) is 51.8 Å². The number of hydrogen-bond acceptors (Lipinski definition) is 3. The van der Waals surface area contributed by atoms with Crippen LogP contribution in [0.2, 0.25) is 0 Å². The van der Waals surface area contributed by atoms with Gasteiger partial charge in [0.15, 0.2) is 0 Å². The largest absolute Gasteiger partial charge is 0.276 e. The number of benzene rings is 1.